The van der Waals surface area contributed by atoms with Crippen molar-refractivity contribution in [2.45, 2.75) is 20.0 Å². The lowest BCUT2D eigenvalue weighted by Crippen LogP contribution is -2.31. The van der Waals surface area contributed by atoms with Gasteiger partial charge in [0.05, 0.1) is 17.5 Å². The first-order valence-corrected chi connectivity index (χ1v) is 6.49. The molecule has 2 aromatic carbocycles. The van der Waals surface area contributed by atoms with Gasteiger partial charge in [-0.1, -0.05) is 24.3 Å². The van der Waals surface area contributed by atoms with E-state index in [-0.39, 0.29) is 6.10 Å². The van der Waals surface area contributed by atoms with Gasteiger partial charge in [-0.3, -0.25) is 4.90 Å². The minimum absolute atomic E-state index is 0.0732. The third-order valence-corrected chi connectivity index (χ3v) is 2.68. The van der Waals surface area contributed by atoms with Crippen LogP contribution in [0.3, 0.4) is 0 Å². The molecule has 2 N–H and O–H groups in total. The monoisotopic (exact) mass is 270 g/mol. The first-order chi connectivity index (χ1) is 9.58. The summed E-state index contributed by atoms with van der Waals surface area (Å²) in [5, 5.41) is 0. The number of urea groups is 1. The fraction of sp³-hybridized carbons (Fsp3) is 0.188. The molecule has 104 valence electrons. The predicted octanol–water partition coefficient (Wildman–Crippen LogP) is 3.69. The minimum Gasteiger partial charge on any atom is -0.491 e. The number of carbonyl (C=O) groups is 1. The Morgan fingerprint density at radius 3 is 2.30 bits per heavy atom. The zero-order valence-electron chi connectivity index (χ0n) is 11.6. The van der Waals surface area contributed by atoms with Gasteiger partial charge < -0.3 is 10.5 Å². The molecular weight excluding hydrogens is 252 g/mol. The molecule has 0 unspecified atom stereocenters. The Balaban J connectivity index is 2.38. The highest BCUT2D eigenvalue weighted by Crippen LogP contribution is 2.28. The van der Waals surface area contributed by atoms with Gasteiger partial charge in [0.15, 0.2) is 0 Å². The number of primary amides is 1. The van der Waals surface area contributed by atoms with Gasteiger partial charge >= 0.3 is 6.03 Å². The molecule has 0 bridgehead atoms. The summed E-state index contributed by atoms with van der Waals surface area (Å²) in [6.07, 6.45) is 0.0732. The van der Waals surface area contributed by atoms with E-state index >= 15 is 0 Å². The molecule has 0 aromatic heterocycles. The van der Waals surface area contributed by atoms with Crippen LogP contribution in [0.5, 0.6) is 5.75 Å². The maximum Gasteiger partial charge on any atom is 0.323 e. The number of hydrogen-bond acceptors (Lipinski definition) is 2. The van der Waals surface area contributed by atoms with Gasteiger partial charge in [0.2, 0.25) is 0 Å². The molecule has 0 heterocycles. The molecule has 20 heavy (non-hydrogen) atoms. The van der Waals surface area contributed by atoms with Crippen molar-refractivity contribution < 1.29 is 9.53 Å². The molecule has 2 aromatic rings. The number of amides is 2. The predicted molar refractivity (Wildman–Crippen MR) is 80.4 cm³/mol. The summed E-state index contributed by atoms with van der Waals surface area (Å²) in [4.78, 5) is 13.2. The number of para-hydroxylation sites is 1. The number of rotatable bonds is 4. The summed E-state index contributed by atoms with van der Waals surface area (Å²) in [5.41, 5.74) is 6.90. The van der Waals surface area contributed by atoms with Crippen LogP contribution in [0.2, 0.25) is 0 Å². The van der Waals surface area contributed by atoms with E-state index in [1.807, 2.05) is 62.4 Å². The summed E-state index contributed by atoms with van der Waals surface area (Å²) in [6.45, 7) is 3.91. The second-order valence-electron chi connectivity index (χ2n) is 4.67. The summed E-state index contributed by atoms with van der Waals surface area (Å²) >= 11 is 0. The van der Waals surface area contributed by atoms with E-state index in [4.69, 9.17) is 10.5 Å². The molecule has 0 saturated carbocycles. The molecular formula is C16H18N2O2. The molecule has 0 aliphatic carbocycles. The second-order valence-corrected chi connectivity index (χ2v) is 4.67. The lowest BCUT2D eigenvalue weighted by molar-refractivity contribution is 0.242. The van der Waals surface area contributed by atoms with Crippen molar-refractivity contribution >= 4 is 17.4 Å². The van der Waals surface area contributed by atoms with Crippen LogP contribution >= 0.6 is 0 Å². The first kappa shape index (κ1) is 13.9. The van der Waals surface area contributed by atoms with Gasteiger partial charge in [-0.25, -0.2) is 4.79 Å². The molecule has 0 spiro atoms. The number of nitrogens with zero attached hydrogens (tertiary/aromatic N) is 1. The summed E-state index contributed by atoms with van der Waals surface area (Å²) in [5.74, 6) is 0.708. The van der Waals surface area contributed by atoms with Crippen molar-refractivity contribution in [1.29, 1.82) is 0 Å². The smallest absolute Gasteiger partial charge is 0.323 e. The zero-order valence-corrected chi connectivity index (χ0v) is 11.6. The fourth-order valence-corrected chi connectivity index (χ4v) is 1.95. The van der Waals surface area contributed by atoms with Gasteiger partial charge in [0.25, 0.3) is 0 Å². The Labute approximate surface area is 118 Å². The van der Waals surface area contributed by atoms with Crippen LogP contribution in [0.15, 0.2) is 54.6 Å². The Morgan fingerprint density at radius 1 is 1.05 bits per heavy atom. The van der Waals surface area contributed by atoms with Crippen LogP contribution in [0.25, 0.3) is 0 Å². The van der Waals surface area contributed by atoms with Crippen molar-refractivity contribution in [2.75, 3.05) is 4.90 Å². The zero-order chi connectivity index (χ0) is 14.5. The minimum atomic E-state index is -0.530. The van der Waals surface area contributed by atoms with Crippen molar-refractivity contribution in [2.24, 2.45) is 5.73 Å². The lowest BCUT2D eigenvalue weighted by Gasteiger charge is -2.21. The molecule has 0 radical (unpaired) electrons. The Bertz CT molecular complexity index is 582. The third-order valence-electron chi connectivity index (χ3n) is 2.68. The molecule has 0 fully saturated rings. The maximum atomic E-state index is 11.7. The SMILES string of the molecule is CC(C)Oc1cccc(N(C(N)=O)c2ccccc2)c1. The van der Waals surface area contributed by atoms with Crippen LogP contribution < -0.4 is 15.4 Å². The van der Waals surface area contributed by atoms with Crippen LogP contribution in [0, 0.1) is 0 Å². The van der Waals surface area contributed by atoms with Crippen LogP contribution in [-0.4, -0.2) is 12.1 Å². The number of nitrogens with two attached hydrogens (primary N) is 1. The molecule has 0 atom stereocenters. The average molecular weight is 270 g/mol. The number of hydrogen-bond donors (Lipinski definition) is 1. The van der Waals surface area contributed by atoms with Crippen molar-refractivity contribution in [3.8, 4) is 5.75 Å². The third kappa shape index (κ3) is 3.29. The van der Waals surface area contributed by atoms with Crippen molar-refractivity contribution in [3.05, 3.63) is 54.6 Å². The molecule has 0 aliphatic heterocycles. The molecule has 4 nitrogen and oxygen atoms in total. The number of ether oxygens (including phenoxy) is 1. The highest BCUT2D eigenvalue weighted by molar-refractivity contribution is 5.98. The maximum absolute atomic E-state index is 11.7. The van der Waals surface area contributed by atoms with Crippen LogP contribution in [0.4, 0.5) is 16.2 Å². The Morgan fingerprint density at radius 2 is 1.70 bits per heavy atom. The molecule has 0 saturated heterocycles. The largest absolute Gasteiger partial charge is 0.491 e. The summed E-state index contributed by atoms with van der Waals surface area (Å²) in [6, 6.07) is 16.1. The van der Waals surface area contributed by atoms with Gasteiger partial charge in [0.1, 0.15) is 5.75 Å². The number of benzene rings is 2. The van der Waals surface area contributed by atoms with Gasteiger partial charge in [-0.05, 0) is 38.1 Å². The van der Waals surface area contributed by atoms with E-state index in [0.717, 1.165) is 5.69 Å². The van der Waals surface area contributed by atoms with Gasteiger partial charge in [-0.2, -0.15) is 0 Å². The standard InChI is InChI=1S/C16H18N2O2/c1-12(2)20-15-10-6-9-14(11-15)18(16(17)19)13-7-4-3-5-8-13/h3-12H,1-2H3,(H2,17,19). The lowest BCUT2D eigenvalue weighted by atomic mass is 10.2. The van der Waals surface area contributed by atoms with E-state index in [0.29, 0.717) is 11.4 Å². The quantitative estimate of drug-likeness (QED) is 0.921. The van der Waals surface area contributed by atoms with Crippen LogP contribution in [-0.2, 0) is 0 Å². The summed E-state index contributed by atoms with van der Waals surface area (Å²) in [7, 11) is 0. The van der Waals surface area contributed by atoms with E-state index in [1.165, 1.54) is 4.90 Å². The molecule has 2 amide bonds. The van der Waals surface area contributed by atoms with Crippen LogP contribution in [0.1, 0.15) is 13.8 Å². The molecule has 0 aliphatic rings. The second kappa shape index (κ2) is 6.10. The van der Waals surface area contributed by atoms with E-state index < -0.39 is 6.03 Å². The number of carbonyl (C=O) groups excluding carboxylic acids is 1. The van der Waals surface area contributed by atoms with Crippen molar-refractivity contribution in [3.63, 3.8) is 0 Å². The summed E-state index contributed by atoms with van der Waals surface area (Å²) < 4.78 is 5.64. The Hall–Kier alpha value is -2.49. The average Bonchev–Trinajstić information content (AvgIpc) is 2.39. The van der Waals surface area contributed by atoms with Gasteiger partial charge in [-0.15, -0.1) is 0 Å². The normalized spacial score (nSPS) is 10.3. The van der Waals surface area contributed by atoms with Crippen molar-refractivity contribution in [1.82, 2.24) is 0 Å². The highest BCUT2D eigenvalue weighted by Gasteiger charge is 2.15. The molecule has 2 rings (SSSR count). The highest BCUT2D eigenvalue weighted by atomic mass is 16.5. The molecule has 4 heteroatoms. The number of anilines is 2. The van der Waals surface area contributed by atoms with Gasteiger partial charge in [0, 0.05) is 6.07 Å². The Kier molecular flexibility index (Phi) is 4.25. The van der Waals surface area contributed by atoms with E-state index in [9.17, 15) is 4.79 Å². The topological polar surface area (TPSA) is 55.6 Å². The van der Waals surface area contributed by atoms with E-state index in [1.54, 1.807) is 6.07 Å². The first-order valence-electron chi connectivity index (χ1n) is 6.49. The fourth-order valence-electron chi connectivity index (χ4n) is 1.95. The van der Waals surface area contributed by atoms with E-state index in [2.05, 4.69) is 0 Å².